The van der Waals surface area contributed by atoms with Crippen molar-refractivity contribution in [1.82, 2.24) is 4.98 Å². The molecule has 0 unspecified atom stereocenters. The Bertz CT molecular complexity index is 553. The number of carbonyl (C=O) groups is 1. The molecule has 0 atom stereocenters. The van der Waals surface area contributed by atoms with Crippen LogP contribution in [-0.2, 0) is 11.2 Å². The summed E-state index contributed by atoms with van der Waals surface area (Å²) in [7, 11) is 0. The Morgan fingerprint density at radius 2 is 2.19 bits per heavy atom. The van der Waals surface area contributed by atoms with Gasteiger partial charge in [0.05, 0.1) is 31.7 Å². The molecule has 0 aliphatic carbocycles. The lowest BCUT2D eigenvalue weighted by atomic mass is 10.3. The minimum Gasteiger partial charge on any atom is -0.481 e. The number of nitrogens with zero attached hydrogens (tertiary/aromatic N) is 1. The summed E-state index contributed by atoms with van der Waals surface area (Å²) >= 11 is 13.3. The van der Waals surface area contributed by atoms with E-state index in [9.17, 15) is 4.79 Å². The molecule has 2 aromatic rings. The van der Waals surface area contributed by atoms with E-state index in [0.29, 0.717) is 16.5 Å². The molecule has 84 valence electrons. The molecule has 16 heavy (non-hydrogen) atoms. The lowest BCUT2D eigenvalue weighted by molar-refractivity contribution is -0.136. The molecule has 0 saturated heterocycles. The van der Waals surface area contributed by atoms with Crippen molar-refractivity contribution < 1.29 is 9.90 Å². The van der Waals surface area contributed by atoms with E-state index in [0.717, 1.165) is 15.2 Å². The second-order valence-electron chi connectivity index (χ2n) is 3.21. The number of aryl methyl sites for hydroxylation is 1. The van der Waals surface area contributed by atoms with Gasteiger partial charge in [-0.05, 0) is 12.1 Å². The first kappa shape index (κ1) is 11.6. The second kappa shape index (κ2) is 4.57. The first-order valence-corrected chi connectivity index (χ1v) is 6.10. The normalized spacial score (nSPS) is 10.9. The van der Waals surface area contributed by atoms with Crippen LogP contribution >= 0.6 is 34.5 Å². The number of carboxylic acid groups (broad SMARTS) is 1. The lowest BCUT2D eigenvalue weighted by Crippen LogP contribution is -1.96. The molecule has 0 aliphatic heterocycles. The third-order valence-corrected chi connectivity index (χ3v) is 4.11. The SMILES string of the molecule is O=C(O)CCc1nc2ccc(Cl)c(Cl)c2s1. The maximum Gasteiger partial charge on any atom is 0.303 e. The number of carboxylic acids is 1. The van der Waals surface area contributed by atoms with Crippen molar-refractivity contribution in [3.8, 4) is 0 Å². The molecule has 0 aliphatic rings. The van der Waals surface area contributed by atoms with Crippen molar-refractivity contribution in [2.75, 3.05) is 0 Å². The zero-order chi connectivity index (χ0) is 11.7. The Balaban J connectivity index is 2.36. The Hall–Kier alpha value is -0.840. The van der Waals surface area contributed by atoms with Crippen molar-refractivity contribution in [2.24, 2.45) is 0 Å². The van der Waals surface area contributed by atoms with Crippen molar-refractivity contribution in [3.63, 3.8) is 0 Å². The van der Waals surface area contributed by atoms with Crippen LogP contribution in [0.1, 0.15) is 11.4 Å². The number of fused-ring (bicyclic) bond motifs is 1. The summed E-state index contributed by atoms with van der Waals surface area (Å²) < 4.78 is 0.814. The highest BCUT2D eigenvalue weighted by Gasteiger charge is 2.10. The van der Waals surface area contributed by atoms with Crippen LogP contribution in [0.2, 0.25) is 10.0 Å². The molecule has 1 heterocycles. The minimum atomic E-state index is -0.830. The topological polar surface area (TPSA) is 50.2 Å². The number of halogens is 2. The number of aliphatic carboxylic acids is 1. The first-order chi connectivity index (χ1) is 7.58. The molecule has 0 bridgehead atoms. The summed E-state index contributed by atoms with van der Waals surface area (Å²) in [6.45, 7) is 0. The highest BCUT2D eigenvalue weighted by molar-refractivity contribution is 7.19. The monoisotopic (exact) mass is 275 g/mol. The van der Waals surface area contributed by atoms with Crippen molar-refractivity contribution in [2.45, 2.75) is 12.8 Å². The number of thiazole rings is 1. The van der Waals surface area contributed by atoms with Gasteiger partial charge in [-0.2, -0.15) is 0 Å². The average Bonchev–Trinajstić information content (AvgIpc) is 2.64. The van der Waals surface area contributed by atoms with Gasteiger partial charge in [-0.3, -0.25) is 4.79 Å². The highest BCUT2D eigenvalue weighted by atomic mass is 35.5. The third-order valence-electron chi connectivity index (χ3n) is 2.05. The van der Waals surface area contributed by atoms with Crippen molar-refractivity contribution >= 4 is 50.7 Å². The van der Waals surface area contributed by atoms with Gasteiger partial charge in [0.15, 0.2) is 0 Å². The van der Waals surface area contributed by atoms with Crippen LogP contribution in [0.4, 0.5) is 0 Å². The van der Waals surface area contributed by atoms with E-state index in [1.165, 1.54) is 11.3 Å². The largest absolute Gasteiger partial charge is 0.481 e. The molecule has 2 rings (SSSR count). The van der Waals surface area contributed by atoms with Crippen LogP contribution in [-0.4, -0.2) is 16.1 Å². The molecular formula is C10H7Cl2NO2S. The molecule has 0 fully saturated rings. The standard InChI is InChI=1S/C10H7Cl2NO2S/c11-5-1-2-6-10(9(5)12)16-7(13-6)3-4-8(14)15/h1-2H,3-4H2,(H,14,15). The lowest BCUT2D eigenvalue weighted by Gasteiger charge is -1.93. The van der Waals surface area contributed by atoms with E-state index in [2.05, 4.69) is 4.98 Å². The predicted molar refractivity (Wildman–Crippen MR) is 65.6 cm³/mol. The van der Waals surface area contributed by atoms with Gasteiger partial charge in [0.25, 0.3) is 0 Å². The number of hydrogen-bond donors (Lipinski definition) is 1. The summed E-state index contributed by atoms with van der Waals surface area (Å²) in [5.41, 5.74) is 0.764. The van der Waals surface area contributed by atoms with Gasteiger partial charge in [-0.25, -0.2) is 4.98 Å². The summed E-state index contributed by atoms with van der Waals surface area (Å²) in [5, 5.41) is 10.3. The summed E-state index contributed by atoms with van der Waals surface area (Å²) in [5.74, 6) is -0.830. The maximum atomic E-state index is 10.4. The summed E-state index contributed by atoms with van der Waals surface area (Å²) in [4.78, 5) is 14.7. The van der Waals surface area contributed by atoms with Crippen LogP contribution in [0.3, 0.4) is 0 Å². The van der Waals surface area contributed by atoms with Crippen LogP contribution in [0.5, 0.6) is 0 Å². The third kappa shape index (κ3) is 2.29. The maximum absolute atomic E-state index is 10.4. The predicted octanol–water partition coefficient (Wildman–Crippen LogP) is 3.62. The fourth-order valence-electron chi connectivity index (χ4n) is 1.30. The Morgan fingerprint density at radius 1 is 1.44 bits per heavy atom. The van der Waals surface area contributed by atoms with E-state index in [4.69, 9.17) is 28.3 Å². The van der Waals surface area contributed by atoms with Crippen LogP contribution in [0, 0.1) is 0 Å². The van der Waals surface area contributed by atoms with E-state index < -0.39 is 5.97 Å². The fraction of sp³-hybridized carbons (Fsp3) is 0.200. The van der Waals surface area contributed by atoms with Gasteiger partial charge in [0.2, 0.25) is 0 Å². The zero-order valence-corrected chi connectivity index (χ0v) is 10.4. The molecule has 1 aromatic heterocycles. The van der Waals surface area contributed by atoms with E-state index >= 15 is 0 Å². The van der Waals surface area contributed by atoms with Gasteiger partial charge in [-0.1, -0.05) is 23.2 Å². The van der Waals surface area contributed by atoms with E-state index in [1.807, 2.05) is 0 Å². The molecule has 0 amide bonds. The molecule has 0 saturated carbocycles. The number of hydrogen-bond acceptors (Lipinski definition) is 3. The molecule has 1 aromatic carbocycles. The molecule has 6 heteroatoms. The second-order valence-corrected chi connectivity index (χ2v) is 5.08. The van der Waals surface area contributed by atoms with Gasteiger partial charge >= 0.3 is 5.97 Å². The van der Waals surface area contributed by atoms with Crippen molar-refractivity contribution in [1.29, 1.82) is 0 Å². The minimum absolute atomic E-state index is 0.0746. The van der Waals surface area contributed by atoms with E-state index in [-0.39, 0.29) is 6.42 Å². The van der Waals surface area contributed by atoms with Crippen LogP contribution in [0.15, 0.2) is 12.1 Å². The number of benzene rings is 1. The van der Waals surface area contributed by atoms with Crippen molar-refractivity contribution in [3.05, 3.63) is 27.2 Å². The van der Waals surface area contributed by atoms with Gasteiger partial charge in [0.1, 0.15) is 0 Å². The quantitative estimate of drug-likeness (QED) is 0.931. The summed E-state index contributed by atoms with van der Waals surface area (Å²) in [6.07, 6.45) is 0.494. The Morgan fingerprint density at radius 3 is 2.88 bits per heavy atom. The van der Waals surface area contributed by atoms with Gasteiger partial charge < -0.3 is 5.11 Å². The van der Waals surface area contributed by atoms with Crippen LogP contribution in [0.25, 0.3) is 10.2 Å². The molecule has 0 radical (unpaired) electrons. The highest BCUT2D eigenvalue weighted by Crippen LogP contribution is 2.34. The van der Waals surface area contributed by atoms with Gasteiger partial charge in [0, 0.05) is 6.42 Å². The first-order valence-electron chi connectivity index (χ1n) is 4.53. The van der Waals surface area contributed by atoms with E-state index in [1.54, 1.807) is 12.1 Å². The fourth-order valence-corrected chi connectivity index (χ4v) is 2.79. The summed E-state index contributed by atoms with van der Waals surface area (Å²) in [6, 6.07) is 3.47. The molecule has 3 nitrogen and oxygen atoms in total. The smallest absolute Gasteiger partial charge is 0.303 e. The Labute approximate surface area is 106 Å². The van der Waals surface area contributed by atoms with Crippen LogP contribution < -0.4 is 0 Å². The Kier molecular flexibility index (Phi) is 3.33. The zero-order valence-electron chi connectivity index (χ0n) is 8.04. The average molecular weight is 276 g/mol. The molecule has 1 N–H and O–H groups in total. The number of rotatable bonds is 3. The molecule has 0 spiro atoms. The number of aromatic nitrogens is 1. The molecular weight excluding hydrogens is 269 g/mol. The van der Waals surface area contributed by atoms with Gasteiger partial charge in [-0.15, -0.1) is 11.3 Å².